The van der Waals surface area contributed by atoms with Crippen molar-refractivity contribution >= 4 is 45.8 Å². The van der Waals surface area contributed by atoms with Gasteiger partial charge in [0.25, 0.3) is 0 Å². The van der Waals surface area contributed by atoms with Crippen LogP contribution in [0.5, 0.6) is 0 Å². The summed E-state index contributed by atoms with van der Waals surface area (Å²) in [6, 6.07) is 7.68. The van der Waals surface area contributed by atoms with Crippen molar-refractivity contribution in [1.82, 2.24) is 13.6 Å². The highest BCUT2D eigenvalue weighted by molar-refractivity contribution is 7.10. The van der Waals surface area contributed by atoms with Crippen molar-refractivity contribution in [2.75, 3.05) is 18.4 Å². The first-order valence-electron chi connectivity index (χ1n) is 8.63. The van der Waals surface area contributed by atoms with Gasteiger partial charge in [0.2, 0.25) is 0 Å². The summed E-state index contributed by atoms with van der Waals surface area (Å²) in [5.74, 6) is 0.200. The summed E-state index contributed by atoms with van der Waals surface area (Å²) >= 11 is 2.73. The van der Waals surface area contributed by atoms with Crippen molar-refractivity contribution in [1.29, 1.82) is 0 Å². The first kappa shape index (κ1) is 17.4. The fourth-order valence-corrected chi connectivity index (χ4v) is 4.75. The quantitative estimate of drug-likeness (QED) is 0.710. The second-order valence-corrected chi connectivity index (χ2v) is 8.11. The number of thiophene rings is 1. The zero-order valence-electron chi connectivity index (χ0n) is 14.4. The van der Waals surface area contributed by atoms with E-state index in [2.05, 4.69) is 14.1 Å². The smallest absolute Gasteiger partial charge is 0.321 e. The number of aliphatic hydroxyl groups is 1. The highest BCUT2D eigenvalue weighted by Crippen LogP contribution is 2.33. The largest absolute Gasteiger partial charge is 0.387 e. The number of hydrogen-bond donors (Lipinski definition) is 2. The van der Waals surface area contributed by atoms with E-state index in [0.29, 0.717) is 13.1 Å². The van der Waals surface area contributed by atoms with Gasteiger partial charge in [-0.15, -0.1) is 11.3 Å². The Bertz CT molecular complexity index is 901. The van der Waals surface area contributed by atoms with Gasteiger partial charge in [-0.1, -0.05) is 12.1 Å². The minimum Gasteiger partial charge on any atom is -0.387 e. The molecule has 26 heavy (non-hydrogen) atoms. The van der Waals surface area contributed by atoms with Crippen LogP contribution < -0.4 is 5.32 Å². The number of aryl methyl sites for hydroxylation is 1. The Kier molecular flexibility index (Phi) is 4.88. The van der Waals surface area contributed by atoms with Crippen molar-refractivity contribution in [2.24, 2.45) is 5.92 Å². The summed E-state index contributed by atoms with van der Waals surface area (Å²) in [5, 5.41) is 15.5. The van der Waals surface area contributed by atoms with Crippen molar-refractivity contribution < 1.29 is 9.90 Å². The lowest BCUT2D eigenvalue weighted by Gasteiger charge is -2.34. The first-order chi connectivity index (χ1) is 12.6. The van der Waals surface area contributed by atoms with E-state index in [1.165, 1.54) is 0 Å². The number of aliphatic hydroxyl groups excluding tert-OH is 1. The molecular weight excluding hydrogens is 368 g/mol. The van der Waals surface area contributed by atoms with E-state index in [9.17, 15) is 9.90 Å². The van der Waals surface area contributed by atoms with Gasteiger partial charge in [0, 0.05) is 18.0 Å². The number of carbonyl (C=O) groups is 1. The number of nitrogens with zero attached hydrogens (tertiary/aromatic N) is 3. The highest BCUT2D eigenvalue weighted by Gasteiger charge is 2.29. The molecule has 1 aromatic carbocycles. The molecule has 1 fully saturated rings. The monoisotopic (exact) mass is 388 g/mol. The molecular formula is C18H20N4O2S2. The van der Waals surface area contributed by atoms with Crippen molar-refractivity contribution in [3.63, 3.8) is 0 Å². The van der Waals surface area contributed by atoms with Crippen LogP contribution in [0, 0.1) is 12.8 Å². The second-order valence-electron chi connectivity index (χ2n) is 6.60. The number of urea groups is 1. The number of rotatable bonds is 3. The Hall–Kier alpha value is -2.03. The van der Waals surface area contributed by atoms with E-state index in [1.807, 2.05) is 41.5 Å². The molecule has 6 nitrogen and oxygen atoms in total. The van der Waals surface area contributed by atoms with Crippen LogP contribution in [0.4, 0.5) is 10.5 Å². The van der Waals surface area contributed by atoms with Gasteiger partial charge in [-0.25, -0.2) is 4.79 Å². The van der Waals surface area contributed by atoms with Crippen LogP contribution in [0.15, 0.2) is 29.6 Å². The number of amides is 2. The zero-order valence-corrected chi connectivity index (χ0v) is 16.0. The molecule has 0 unspecified atom stereocenters. The van der Waals surface area contributed by atoms with Gasteiger partial charge in [-0.2, -0.15) is 8.75 Å². The Morgan fingerprint density at radius 3 is 2.85 bits per heavy atom. The van der Waals surface area contributed by atoms with Crippen LogP contribution in [0.2, 0.25) is 0 Å². The molecule has 0 aliphatic carbocycles. The number of aromatic nitrogens is 2. The Morgan fingerprint density at radius 1 is 1.31 bits per heavy atom. The molecule has 2 amide bonds. The first-order valence-corrected chi connectivity index (χ1v) is 10.2. The maximum absolute atomic E-state index is 12.7. The number of nitrogens with one attached hydrogen (secondary N) is 1. The number of anilines is 1. The normalized spacial score (nSPS) is 16.8. The second kappa shape index (κ2) is 7.30. The molecule has 0 bridgehead atoms. The molecule has 1 aliphatic rings. The molecule has 0 spiro atoms. The van der Waals surface area contributed by atoms with Crippen LogP contribution in [0.1, 0.15) is 29.4 Å². The molecule has 1 saturated heterocycles. The Morgan fingerprint density at radius 2 is 2.12 bits per heavy atom. The molecule has 136 valence electrons. The molecule has 3 aromatic rings. The maximum Gasteiger partial charge on any atom is 0.321 e. The van der Waals surface area contributed by atoms with Gasteiger partial charge in [-0.3, -0.25) is 0 Å². The standard InChI is InChI=1S/C18H20N4O2S2/c1-11-4-5-13-16(21-26-20-13)15(11)19-18(24)22-8-6-12(7-9-22)17(23)14-3-2-10-25-14/h2-5,10,12,17,23H,6-9H2,1H3,(H,19,24)/t17-/m0/s1. The number of carbonyl (C=O) groups excluding carboxylic acids is 1. The average molecular weight is 389 g/mol. The maximum atomic E-state index is 12.7. The van der Waals surface area contributed by atoms with Crippen LogP contribution in [0.3, 0.4) is 0 Å². The van der Waals surface area contributed by atoms with Crippen LogP contribution >= 0.6 is 23.1 Å². The van der Waals surface area contributed by atoms with E-state index in [0.717, 1.165) is 51.7 Å². The van der Waals surface area contributed by atoms with Gasteiger partial charge < -0.3 is 15.3 Å². The highest BCUT2D eigenvalue weighted by atomic mass is 32.1. The summed E-state index contributed by atoms with van der Waals surface area (Å²) in [5.41, 5.74) is 3.25. The Labute approximate surface area is 159 Å². The third-order valence-electron chi connectivity index (χ3n) is 4.98. The molecule has 0 saturated carbocycles. The van der Waals surface area contributed by atoms with Gasteiger partial charge >= 0.3 is 6.03 Å². The number of fused-ring (bicyclic) bond motifs is 1. The van der Waals surface area contributed by atoms with Gasteiger partial charge in [0.15, 0.2) is 0 Å². The average Bonchev–Trinajstić information content (AvgIpc) is 3.35. The van der Waals surface area contributed by atoms with Crippen molar-refractivity contribution in [3.8, 4) is 0 Å². The molecule has 1 aliphatic heterocycles. The molecule has 3 heterocycles. The van der Waals surface area contributed by atoms with Gasteiger partial charge in [0.05, 0.1) is 23.5 Å². The van der Waals surface area contributed by atoms with E-state index in [-0.39, 0.29) is 11.9 Å². The van der Waals surface area contributed by atoms with E-state index >= 15 is 0 Å². The minimum atomic E-state index is -0.433. The summed E-state index contributed by atoms with van der Waals surface area (Å²) in [7, 11) is 0. The third-order valence-corrected chi connectivity index (χ3v) is 6.46. The fraction of sp³-hybridized carbons (Fsp3) is 0.389. The van der Waals surface area contributed by atoms with E-state index in [4.69, 9.17) is 0 Å². The number of benzene rings is 1. The lowest BCUT2D eigenvalue weighted by molar-refractivity contribution is 0.0708. The van der Waals surface area contributed by atoms with E-state index < -0.39 is 6.10 Å². The van der Waals surface area contributed by atoms with Crippen molar-refractivity contribution in [2.45, 2.75) is 25.9 Å². The van der Waals surface area contributed by atoms with Gasteiger partial charge in [-0.05, 0) is 48.8 Å². The predicted molar refractivity (Wildman–Crippen MR) is 105 cm³/mol. The lowest BCUT2D eigenvalue weighted by Crippen LogP contribution is -2.42. The molecule has 8 heteroatoms. The van der Waals surface area contributed by atoms with E-state index in [1.54, 1.807) is 11.3 Å². The topological polar surface area (TPSA) is 78.4 Å². The fourth-order valence-electron chi connectivity index (χ4n) is 3.41. The molecule has 4 rings (SSSR count). The molecule has 2 aromatic heterocycles. The summed E-state index contributed by atoms with van der Waals surface area (Å²) in [6.07, 6.45) is 1.17. The zero-order chi connectivity index (χ0) is 18.1. The molecule has 1 atom stereocenters. The summed E-state index contributed by atoms with van der Waals surface area (Å²) in [4.78, 5) is 15.5. The van der Waals surface area contributed by atoms with Crippen LogP contribution in [-0.2, 0) is 0 Å². The van der Waals surface area contributed by atoms with Gasteiger partial charge in [0.1, 0.15) is 11.0 Å². The number of piperidine rings is 1. The van der Waals surface area contributed by atoms with Crippen LogP contribution in [-0.4, -0.2) is 37.9 Å². The molecule has 2 N–H and O–H groups in total. The lowest BCUT2D eigenvalue weighted by atomic mass is 9.90. The summed E-state index contributed by atoms with van der Waals surface area (Å²) in [6.45, 7) is 3.24. The third kappa shape index (κ3) is 3.32. The number of hydrogen-bond acceptors (Lipinski definition) is 6. The Balaban J connectivity index is 1.41. The minimum absolute atomic E-state index is 0.113. The number of likely N-dealkylation sites (tertiary alicyclic amines) is 1. The van der Waals surface area contributed by atoms with Crippen LogP contribution in [0.25, 0.3) is 11.0 Å². The predicted octanol–water partition coefficient (Wildman–Crippen LogP) is 4.04. The molecule has 0 radical (unpaired) electrons. The van der Waals surface area contributed by atoms with Crippen molar-refractivity contribution in [3.05, 3.63) is 40.1 Å². The summed E-state index contributed by atoms with van der Waals surface area (Å²) < 4.78 is 8.54. The SMILES string of the molecule is Cc1ccc2nsnc2c1NC(=O)N1CCC([C@H](O)c2cccs2)CC1.